The first kappa shape index (κ1) is 12.4. The molecule has 0 aromatic carbocycles. The summed E-state index contributed by atoms with van der Waals surface area (Å²) in [4.78, 5) is 18.0. The SMILES string of the molecule is CCN(Cc1ccccn1)C(=O)c1nnc(N)s1. The normalized spacial score (nSPS) is 10.3. The first-order chi connectivity index (χ1) is 8.70. The molecule has 0 saturated heterocycles. The number of nitrogens with two attached hydrogens (primary N) is 1. The summed E-state index contributed by atoms with van der Waals surface area (Å²) in [6.07, 6.45) is 1.70. The van der Waals surface area contributed by atoms with E-state index in [0.29, 0.717) is 23.2 Å². The van der Waals surface area contributed by atoms with E-state index in [0.717, 1.165) is 17.0 Å². The van der Waals surface area contributed by atoms with Crippen molar-refractivity contribution < 1.29 is 4.79 Å². The summed E-state index contributed by atoms with van der Waals surface area (Å²) in [5.41, 5.74) is 6.31. The van der Waals surface area contributed by atoms with E-state index in [1.165, 1.54) is 0 Å². The lowest BCUT2D eigenvalue weighted by molar-refractivity contribution is 0.0749. The molecule has 0 aliphatic heterocycles. The van der Waals surface area contributed by atoms with Crippen molar-refractivity contribution in [3.8, 4) is 0 Å². The Hall–Kier alpha value is -2.02. The van der Waals surface area contributed by atoms with Crippen molar-refractivity contribution in [2.24, 2.45) is 0 Å². The largest absolute Gasteiger partial charge is 0.374 e. The fourth-order valence-corrected chi connectivity index (χ4v) is 2.05. The second-order valence-corrected chi connectivity index (χ2v) is 4.59. The summed E-state index contributed by atoms with van der Waals surface area (Å²) in [6, 6.07) is 5.61. The maximum Gasteiger partial charge on any atom is 0.285 e. The van der Waals surface area contributed by atoms with Crippen LogP contribution in [0.25, 0.3) is 0 Å². The number of aromatic nitrogens is 3. The van der Waals surface area contributed by atoms with E-state index in [1.807, 2.05) is 25.1 Å². The van der Waals surface area contributed by atoms with E-state index in [1.54, 1.807) is 11.1 Å². The highest BCUT2D eigenvalue weighted by Crippen LogP contribution is 2.14. The second kappa shape index (κ2) is 5.54. The lowest BCUT2D eigenvalue weighted by atomic mass is 10.3. The number of hydrogen-bond donors (Lipinski definition) is 1. The Balaban J connectivity index is 2.12. The van der Waals surface area contributed by atoms with Crippen molar-refractivity contribution in [2.75, 3.05) is 12.3 Å². The van der Waals surface area contributed by atoms with Crippen LogP contribution in [0.4, 0.5) is 5.13 Å². The van der Waals surface area contributed by atoms with Gasteiger partial charge in [-0.3, -0.25) is 9.78 Å². The third kappa shape index (κ3) is 2.80. The maximum absolute atomic E-state index is 12.1. The molecular formula is C11H13N5OS. The zero-order valence-corrected chi connectivity index (χ0v) is 10.7. The number of carbonyl (C=O) groups is 1. The summed E-state index contributed by atoms with van der Waals surface area (Å²) in [5, 5.41) is 8.01. The number of nitrogens with zero attached hydrogens (tertiary/aromatic N) is 4. The highest BCUT2D eigenvalue weighted by molar-refractivity contribution is 7.16. The van der Waals surface area contributed by atoms with Gasteiger partial charge in [0.25, 0.3) is 5.91 Å². The molecule has 2 aromatic rings. The van der Waals surface area contributed by atoms with Gasteiger partial charge in [-0.05, 0) is 19.1 Å². The number of carbonyl (C=O) groups excluding carboxylic acids is 1. The van der Waals surface area contributed by atoms with Crippen LogP contribution < -0.4 is 5.73 Å². The van der Waals surface area contributed by atoms with E-state index in [9.17, 15) is 4.79 Å². The van der Waals surface area contributed by atoms with Gasteiger partial charge in [0.1, 0.15) is 0 Å². The highest BCUT2D eigenvalue weighted by Gasteiger charge is 2.19. The molecule has 94 valence electrons. The number of hydrogen-bond acceptors (Lipinski definition) is 6. The number of amides is 1. The standard InChI is InChI=1S/C11H13N5OS/c1-2-16(7-8-5-3-4-6-13-8)10(17)9-14-15-11(12)18-9/h3-6H,2,7H2,1H3,(H2,12,15). The minimum absolute atomic E-state index is 0.169. The first-order valence-corrected chi connectivity index (χ1v) is 6.30. The van der Waals surface area contributed by atoms with E-state index in [2.05, 4.69) is 15.2 Å². The van der Waals surface area contributed by atoms with Gasteiger partial charge in [0.15, 0.2) is 0 Å². The molecule has 2 rings (SSSR count). The molecule has 0 atom stereocenters. The second-order valence-electron chi connectivity index (χ2n) is 3.59. The van der Waals surface area contributed by atoms with Crippen molar-refractivity contribution in [3.63, 3.8) is 0 Å². The van der Waals surface area contributed by atoms with Gasteiger partial charge in [0, 0.05) is 12.7 Å². The van der Waals surface area contributed by atoms with Crippen LogP contribution in [0.15, 0.2) is 24.4 Å². The summed E-state index contributed by atoms with van der Waals surface area (Å²) in [5.74, 6) is -0.169. The number of anilines is 1. The van der Waals surface area contributed by atoms with E-state index in [4.69, 9.17) is 5.73 Å². The Labute approximate surface area is 108 Å². The Kier molecular flexibility index (Phi) is 3.83. The molecule has 0 unspecified atom stereocenters. The molecule has 2 N–H and O–H groups in total. The fraction of sp³-hybridized carbons (Fsp3) is 0.273. The smallest absolute Gasteiger partial charge is 0.285 e. The maximum atomic E-state index is 12.1. The molecule has 1 amide bonds. The van der Waals surface area contributed by atoms with Crippen LogP contribution in [0.1, 0.15) is 22.4 Å². The van der Waals surface area contributed by atoms with Crippen LogP contribution in [0.2, 0.25) is 0 Å². The summed E-state index contributed by atoms with van der Waals surface area (Å²) < 4.78 is 0. The molecule has 2 aromatic heterocycles. The van der Waals surface area contributed by atoms with Crippen molar-refractivity contribution >= 4 is 22.4 Å². The van der Waals surface area contributed by atoms with Crippen LogP contribution in [-0.2, 0) is 6.54 Å². The third-order valence-corrected chi connectivity index (χ3v) is 3.11. The predicted molar refractivity (Wildman–Crippen MR) is 69.0 cm³/mol. The van der Waals surface area contributed by atoms with Gasteiger partial charge >= 0.3 is 0 Å². The summed E-state index contributed by atoms with van der Waals surface area (Å²) >= 11 is 1.09. The van der Waals surface area contributed by atoms with E-state index >= 15 is 0 Å². The lowest BCUT2D eigenvalue weighted by Gasteiger charge is -2.18. The Morgan fingerprint density at radius 2 is 2.28 bits per heavy atom. The number of pyridine rings is 1. The minimum atomic E-state index is -0.169. The molecule has 18 heavy (non-hydrogen) atoms. The summed E-state index contributed by atoms with van der Waals surface area (Å²) in [7, 11) is 0. The third-order valence-electron chi connectivity index (χ3n) is 2.37. The molecule has 2 heterocycles. The van der Waals surface area contributed by atoms with Gasteiger partial charge in [0.2, 0.25) is 10.1 Å². The lowest BCUT2D eigenvalue weighted by Crippen LogP contribution is -2.30. The monoisotopic (exact) mass is 263 g/mol. The van der Waals surface area contributed by atoms with Crippen molar-refractivity contribution in [3.05, 3.63) is 35.1 Å². The van der Waals surface area contributed by atoms with Crippen LogP contribution in [0.5, 0.6) is 0 Å². The van der Waals surface area contributed by atoms with Crippen LogP contribution in [0, 0.1) is 0 Å². The van der Waals surface area contributed by atoms with Gasteiger partial charge in [-0.2, -0.15) is 0 Å². The van der Waals surface area contributed by atoms with Crippen LogP contribution in [-0.4, -0.2) is 32.5 Å². The van der Waals surface area contributed by atoms with Gasteiger partial charge in [0.05, 0.1) is 12.2 Å². The minimum Gasteiger partial charge on any atom is -0.374 e. The Bertz CT molecular complexity index is 527. The molecule has 0 radical (unpaired) electrons. The molecular weight excluding hydrogens is 250 g/mol. The van der Waals surface area contributed by atoms with Crippen molar-refractivity contribution in [2.45, 2.75) is 13.5 Å². The first-order valence-electron chi connectivity index (χ1n) is 5.49. The zero-order chi connectivity index (χ0) is 13.0. The van der Waals surface area contributed by atoms with Crippen LogP contribution in [0.3, 0.4) is 0 Å². The Morgan fingerprint density at radius 1 is 1.44 bits per heavy atom. The molecule has 0 bridgehead atoms. The molecule has 0 aliphatic carbocycles. The molecule has 7 heteroatoms. The van der Waals surface area contributed by atoms with Crippen LogP contribution >= 0.6 is 11.3 Å². The molecule has 0 saturated carbocycles. The van der Waals surface area contributed by atoms with Gasteiger partial charge in [-0.15, -0.1) is 10.2 Å². The predicted octanol–water partition coefficient (Wildman–Crippen LogP) is 1.18. The van der Waals surface area contributed by atoms with E-state index in [-0.39, 0.29) is 5.91 Å². The molecule has 6 nitrogen and oxygen atoms in total. The molecule has 0 aliphatic rings. The van der Waals surface area contributed by atoms with Gasteiger partial charge in [-0.25, -0.2) is 0 Å². The summed E-state index contributed by atoms with van der Waals surface area (Å²) in [6.45, 7) is 2.94. The number of nitrogen functional groups attached to an aromatic ring is 1. The fourth-order valence-electron chi connectivity index (χ4n) is 1.47. The van der Waals surface area contributed by atoms with Gasteiger partial charge in [-0.1, -0.05) is 17.4 Å². The Morgan fingerprint density at radius 3 is 2.83 bits per heavy atom. The number of rotatable bonds is 4. The average molecular weight is 263 g/mol. The highest BCUT2D eigenvalue weighted by atomic mass is 32.1. The quantitative estimate of drug-likeness (QED) is 0.895. The zero-order valence-electron chi connectivity index (χ0n) is 9.91. The van der Waals surface area contributed by atoms with Crippen molar-refractivity contribution in [1.29, 1.82) is 0 Å². The average Bonchev–Trinajstić information content (AvgIpc) is 2.83. The van der Waals surface area contributed by atoms with Crippen molar-refractivity contribution in [1.82, 2.24) is 20.1 Å². The topological polar surface area (TPSA) is 85.0 Å². The van der Waals surface area contributed by atoms with Gasteiger partial charge < -0.3 is 10.6 Å². The molecule has 0 fully saturated rings. The van der Waals surface area contributed by atoms with E-state index < -0.39 is 0 Å². The molecule has 0 spiro atoms.